The number of nitrogens with one attached hydrogen (secondary N) is 1. The summed E-state index contributed by atoms with van der Waals surface area (Å²) in [5, 5.41) is 3.28. The Labute approximate surface area is 98.0 Å². The molecule has 0 fully saturated rings. The van der Waals surface area contributed by atoms with E-state index in [1.54, 1.807) is 19.2 Å². The largest absolute Gasteiger partial charge is 0.383 e. The average molecular weight is 276 g/mol. The molecule has 0 aliphatic carbocycles. The van der Waals surface area contributed by atoms with Gasteiger partial charge in [-0.3, -0.25) is 0 Å². The maximum absolute atomic E-state index is 13.0. The van der Waals surface area contributed by atoms with Crippen molar-refractivity contribution >= 4 is 15.9 Å². The highest BCUT2D eigenvalue weighted by Gasteiger charge is 2.11. The number of hydrogen-bond acceptors (Lipinski definition) is 2. The highest BCUT2D eigenvalue weighted by Crippen LogP contribution is 2.21. The van der Waals surface area contributed by atoms with E-state index in [0.717, 1.165) is 12.1 Å². The van der Waals surface area contributed by atoms with Gasteiger partial charge in [-0.1, -0.05) is 13.0 Å². The molecule has 1 rings (SSSR count). The van der Waals surface area contributed by atoms with Crippen molar-refractivity contribution in [2.45, 2.75) is 13.0 Å². The molecule has 1 aromatic rings. The van der Waals surface area contributed by atoms with Gasteiger partial charge >= 0.3 is 0 Å². The van der Waals surface area contributed by atoms with Crippen molar-refractivity contribution in [3.8, 4) is 0 Å². The first kappa shape index (κ1) is 12.6. The Morgan fingerprint density at radius 1 is 1.53 bits per heavy atom. The van der Waals surface area contributed by atoms with Crippen molar-refractivity contribution in [1.29, 1.82) is 0 Å². The summed E-state index contributed by atoms with van der Waals surface area (Å²) in [6.45, 7) is 3.45. The zero-order valence-corrected chi connectivity index (χ0v) is 10.5. The molecular weight excluding hydrogens is 261 g/mol. The molecule has 0 saturated carbocycles. The Bertz CT molecular complexity index is 313. The van der Waals surface area contributed by atoms with Crippen LogP contribution in [-0.4, -0.2) is 20.3 Å². The summed E-state index contributed by atoms with van der Waals surface area (Å²) >= 11 is 3.17. The third kappa shape index (κ3) is 3.55. The van der Waals surface area contributed by atoms with E-state index in [1.165, 1.54) is 6.07 Å². The van der Waals surface area contributed by atoms with Gasteiger partial charge in [0, 0.05) is 7.11 Å². The Kier molecular flexibility index (Phi) is 5.22. The molecule has 1 aromatic carbocycles. The first-order valence-electron chi connectivity index (χ1n) is 4.86. The van der Waals surface area contributed by atoms with Crippen LogP contribution in [0, 0.1) is 5.82 Å². The molecule has 0 saturated heterocycles. The number of benzene rings is 1. The van der Waals surface area contributed by atoms with Crippen LogP contribution >= 0.6 is 15.9 Å². The molecule has 15 heavy (non-hydrogen) atoms. The van der Waals surface area contributed by atoms with Gasteiger partial charge < -0.3 is 10.1 Å². The van der Waals surface area contributed by atoms with Gasteiger partial charge in [-0.25, -0.2) is 4.39 Å². The molecule has 4 heteroatoms. The summed E-state index contributed by atoms with van der Waals surface area (Å²) in [6, 6.07) is 5.12. The fourth-order valence-electron chi connectivity index (χ4n) is 1.42. The lowest BCUT2D eigenvalue weighted by Gasteiger charge is -2.17. The summed E-state index contributed by atoms with van der Waals surface area (Å²) in [6.07, 6.45) is 0. The molecule has 0 radical (unpaired) electrons. The van der Waals surface area contributed by atoms with E-state index in [9.17, 15) is 4.39 Å². The first-order valence-corrected chi connectivity index (χ1v) is 5.65. The molecule has 1 N–H and O–H groups in total. The van der Waals surface area contributed by atoms with E-state index in [4.69, 9.17) is 4.74 Å². The van der Waals surface area contributed by atoms with Crippen LogP contribution < -0.4 is 5.32 Å². The van der Waals surface area contributed by atoms with E-state index in [2.05, 4.69) is 21.2 Å². The van der Waals surface area contributed by atoms with Crippen LogP contribution in [-0.2, 0) is 4.74 Å². The van der Waals surface area contributed by atoms with Gasteiger partial charge in [0.2, 0.25) is 0 Å². The van der Waals surface area contributed by atoms with Crippen LogP contribution in [0.4, 0.5) is 4.39 Å². The maximum Gasteiger partial charge on any atom is 0.137 e. The van der Waals surface area contributed by atoms with Crippen molar-refractivity contribution in [2.24, 2.45) is 0 Å². The average Bonchev–Trinajstić information content (AvgIpc) is 2.22. The minimum atomic E-state index is -0.244. The van der Waals surface area contributed by atoms with E-state index >= 15 is 0 Å². The lowest BCUT2D eigenvalue weighted by molar-refractivity contribution is 0.168. The summed E-state index contributed by atoms with van der Waals surface area (Å²) in [5.74, 6) is -0.244. The highest BCUT2D eigenvalue weighted by atomic mass is 79.9. The zero-order valence-electron chi connectivity index (χ0n) is 8.89. The highest BCUT2D eigenvalue weighted by molar-refractivity contribution is 9.10. The number of methoxy groups -OCH3 is 1. The molecule has 0 aliphatic heterocycles. The number of likely N-dealkylation sites (N-methyl/N-ethyl adjacent to an activating group) is 1. The van der Waals surface area contributed by atoms with Crippen molar-refractivity contribution < 1.29 is 9.13 Å². The zero-order chi connectivity index (χ0) is 11.3. The fourth-order valence-corrected chi connectivity index (χ4v) is 1.81. The number of ether oxygens (including phenoxy) is 1. The SMILES string of the molecule is CCNC(COC)c1ccc(F)c(Br)c1. The van der Waals surface area contributed by atoms with Gasteiger partial charge in [-0.15, -0.1) is 0 Å². The minimum absolute atomic E-state index is 0.108. The van der Waals surface area contributed by atoms with Crippen molar-refractivity contribution in [1.82, 2.24) is 5.32 Å². The maximum atomic E-state index is 13.0. The van der Waals surface area contributed by atoms with Crippen LogP contribution in [0.1, 0.15) is 18.5 Å². The second-order valence-corrected chi connectivity index (χ2v) is 4.09. The van der Waals surface area contributed by atoms with Crippen LogP contribution in [0.15, 0.2) is 22.7 Å². The van der Waals surface area contributed by atoms with Gasteiger partial charge in [0.1, 0.15) is 5.82 Å². The number of hydrogen-bond donors (Lipinski definition) is 1. The Morgan fingerprint density at radius 2 is 2.27 bits per heavy atom. The number of rotatable bonds is 5. The van der Waals surface area contributed by atoms with E-state index in [1.807, 2.05) is 6.92 Å². The molecular formula is C11H15BrFNO. The van der Waals surface area contributed by atoms with E-state index < -0.39 is 0 Å². The lowest BCUT2D eigenvalue weighted by Crippen LogP contribution is -2.24. The standard InChI is InChI=1S/C11H15BrFNO/c1-3-14-11(7-15-2)8-4-5-10(13)9(12)6-8/h4-6,11,14H,3,7H2,1-2H3. The molecule has 2 nitrogen and oxygen atoms in total. The second kappa shape index (κ2) is 6.20. The van der Waals surface area contributed by atoms with Crippen LogP contribution in [0.2, 0.25) is 0 Å². The summed E-state index contributed by atoms with van der Waals surface area (Å²) in [5.41, 5.74) is 1.02. The van der Waals surface area contributed by atoms with E-state index in [0.29, 0.717) is 11.1 Å². The van der Waals surface area contributed by atoms with Crippen molar-refractivity contribution in [2.75, 3.05) is 20.3 Å². The molecule has 1 unspecified atom stereocenters. The van der Waals surface area contributed by atoms with Crippen molar-refractivity contribution in [3.05, 3.63) is 34.1 Å². The quantitative estimate of drug-likeness (QED) is 0.892. The Balaban J connectivity index is 2.85. The normalized spacial score (nSPS) is 12.8. The first-order chi connectivity index (χ1) is 7.19. The fraction of sp³-hybridized carbons (Fsp3) is 0.455. The molecule has 0 aromatic heterocycles. The molecule has 0 amide bonds. The van der Waals surface area contributed by atoms with Gasteiger partial charge in [-0.05, 0) is 40.2 Å². The topological polar surface area (TPSA) is 21.3 Å². The van der Waals surface area contributed by atoms with Crippen LogP contribution in [0.3, 0.4) is 0 Å². The van der Waals surface area contributed by atoms with E-state index in [-0.39, 0.29) is 11.9 Å². The lowest BCUT2D eigenvalue weighted by atomic mass is 10.1. The van der Waals surface area contributed by atoms with Gasteiger partial charge in [0.05, 0.1) is 17.1 Å². The third-order valence-corrected chi connectivity index (χ3v) is 2.74. The molecule has 0 aliphatic rings. The molecule has 0 heterocycles. The van der Waals surface area contributed by atoms with Crippen molar-refractivity contribution in [3.63, 3.8) is 0 Å². The van der Waals surface area contributed by atoms with Crippen LogP contribution in [0.25, 0.3) is 0 Å². The smallest absolute Gasteiger partial charge is 0.137 e. The predicted molar refractivity (Wildman–Crippen MR) is 62.4 cm³/mol. The summed E-state index contributed by atoms with van der Waals surface area (Å²) in [4.78, 5) is 0. The molecule has 1 atom stereocenters. The molecule has 0 bridgehead atoms. The Morgan fingerprint density at radius 3 is 2.80 bits per heavy atom. The predicted octanol–water partition coefficient (Wildman–Crippen LogP) is 2.89. The third-order valence-electron chi connectivity index (χ3n) is 2.13. The van der Waals surface area contributed by atoms with Gasteiger partial charge in [0.15, 0.2) is 0 Å². The monoisotopic (exact) mass is 275 g/mol. The number of halogens is 2. The summed E-state index contributed by atoms with van der Waals surface area (Å²) < 4.78 is 18.6. The van der Waals surface area contributed by atoms with Gasteiger partial charge in [0.25, 0.3) is 0 Å². The van der Waals surface area contributed by atoms with Crippen LogP contribution in [0.5, 0.6) is 0 Å². The molecule has 84 valence electrons. The molecule has 0 spiro atoms. The Hall–Kier alpha value is -0.450. The van der Waals surface area contributed by atoms with Gasteiger partial charge in [-0.2, -0.15) is 0 Å². The second-order valence-electron chi connectivity index (χ2n) is 3.24. The summed E-state index contributed by atoms with van der Waals surface area (Å²) in [7, 11) is 1.66. The minimum Gasteiger partial charge on any atom is -0.383 e.